The first-order chi connectivity index (χ1) is 6.01. The molecule has 2 aliphatic rings. The third-order valence-electron chi connectivity index (χ3n) is 3.37. The van der Waals surface area contributed by atoms with Crippen molar-refractivity contribution in [2.75, 3.05) is 27.3 Å². The molecule has 1 spiro atoms. The molecule has 0 radical (unpaired) electrons. The van der Waals surface area contributed by atoms with Crippen LogP contribution < -0.4 is 0 Å². The number of hydrogen-bond donors (Lipinski definition) is 0. The van der Waals surface area contributed by atoms with E-state index in [4.69, 9.17) is 4.74 Å². The summed E-state index contributed by atoms with van der Waals surface area (Å²) in [6.07, 6.45) is 0.662. The number of likely N-dealkylation sites (tertiary alicyclic amines) is 1. The van der Waals surface area contributed by atoms with E-state index in [1.807, 2.05) is 11.9 Å². The van der Waals surface area contributed by atoms with E-state index in [0.717, 1.165) is 0 Å². The van der Waals surface area contributed by atoms with Gasteiger partial charge in [-0.05, 0) is 13.5 Å². The molecule has 0 bridgehead atoms. The highest BCUT2D eigenvalue weighted by Gasteiger charge is 2.73. The van der Waals surface area contributed by atoms with Gasteiger partial charge in [-0.1, -0.05) is 0 Å². The maximum absolute atomic E-state index is 13.0. The molecule has 1 heterocycles. The van der Waals surface area contributed by atoms with Crippen molar-refractivity contribution in [1.29, 1.82) is 0 Å². The highest BCUT2D eigenvalue weighted by atomic mass is 19.3. The van der Waals surface area contributed by atoms with Gasteiger partial charge in [0.25, 0.3) is 5.92 Å². The van der Waals surface area contributed by atoms with Crippen LogP contribution in [0.2, 0.25) is 0 Å². The molecular formula is C9H15F2NO. The second-order valence-corrected chi connectivity index (χ2v) is 4.39. The molecule has 1 saturated heterocycles. The average molecular weight is 191 g/mol. The molecule has 4 heteroatoms. The number of methoxy groups -OCH3 is 1. The summed E-state index contributed by atoms with van der Waals surface area (Å²) in [6.45, 7) is 1.09. The molecule has 1 saturated carbocycles. The molecule has 1 aliphatic heterocycles. The van der Waals surface area contributed by atoms with Gasteiger partial charge in [-0.15, -0.1) is 0 Å². The molecule has 0 amide bonds. The lowest BCUT2D eigenvalue weighted by molar-refractivity contribution is 0.0669. The number of ether oxygens (including phenoxy) is 1. The van der Waals surface area contributed by atoms with Crippen LogP contribution >= 0.6 is 0 Å². The Balaban J connectivity index is 2.00. The van der Waals surface area contributed by atoms with Crippen molar-refractivity contribution in [2.45, 2.75) is 24.8 Å². The van der Waals surface area contributed by atoms with Gasteiger partial charge in [0.2, 0.25) is 0 Å². The Kier molecular flexibility index (Phi) is 1.90. The van der Waals surface area contributed by atoms with Crippen LogP contribution in [0.4, 0.5) is 8.78 Å². The minimum atomic E-state index is -2.41. The molecule has 2 nitrogen and oxygen atoms in total. The average Bonchev–Trinajstić information content (AvgIpc) is 2.32. The molecular weight excluding hydrogens is 176 g/mol. The lowest BCUT2D eigenvalue weighted by atomic mass is 10.0. The van der Waals surface area contributed by atoms with Crippen molar-refractivity contribution >= 4 is 0 Å². The second kappa shape index (κ2) is 2.64. The molecule has 0 aromatic carbocycles. The van der Waals surface area contributed by atoms with E-state index in [0.29, 0.717) is 19.6 Å². The Hall–Kier alpha value is -0.220. The topological polar surface area (TPSA) is 12.5 Å². The molecule has 2 fully saturated rings. The first-order valence-electron chi connectivity index (χ1n) is 4.58. The predicted octanol–water partition coefficient (Wildman–Crippen LogP) is 1.36. The molecule has 0 aromatic heterocycles. The third kappa shape index (κ3) is 1.27. The number of alkyl halides is 2. The lowest BCUT2D eigenvalue weighted by Gasteiger charge is -2.17. The zero-order chi connectivity index (χ0) is 9.69. The largest absolute Gasteiger partial charge is 0.383 e. The molecule has 2 unspecified atom stereocenters. The summed E-state index contributed by atoms with van der Waals surface area (Å²) in [5, 5.41) is 0. The number of nitrogens with zero attached hydrogens (tertiary/aromatic N) is 1. The predicted molar refractivity (Wildman–Crippen MR) is 44.9 cm³/mol. The fraction of sp³-hybridized carbons (Fsp3) is 1.00. The number of halogens is 2. The van der Waals surface area contributed by atoms with E-state index >= 15 is 0 Å². The van der Waals surface area contributed by atoms with Gasteiger partial charge in [-0.2, -0.15) is 0 Å². The zero-order valence-electron chi connectivity index (χ0n) is 8.02. The van der Waals surface area contributed by atoms with Gasteiger partial charge in [0.1, 0.15) is 0 Å². The van der Waals surface area contributed by atoms with E-state index < -0.39 is 11.3 Å². The molecule has 13 heavy (non-hydrogen) atoms. The summed E-state index contributed by atoms with van der Waals surface area (Å²) < 4.78 is 31.0. The van der Waals surface area contributed by atoms with Gasteiger partial charge >= 0.3 is 0 Å². The Morgan fingerprint density at radius 1 is 1.54 bits per heavy atom. The van der Waals surface area contributed by atoms with E-state index in [9.17, 15) is 8.78 Å². The minimum Gasteiger partial charge on any atom is -0.383 e. The second-order valence-electron chi connectivity index (χ2n) is 4.39. The van der Waals surface area contributed by atoms with Crippen molar-refractivity contribution in [3.05, 3.63) is 0 Å². The number of rotatable bonds is 2. The van der Waals surface area contributed by atoms with Crippen molar-refractivity contribution in [1.82, 2.24) is 4.90 Å². The van der Waals surface area contributed by atoms with Gasteiger partial charge in [0.15, 0.2) is 0 Å². The molecule has 2 atom stereocenters. The third-order valence-corrected chi connectivity index (χ3v) is 3.37. The van der Waals surface area contributed by atoms with E-state index in [2.05, 4.69) is 0 Å². The van der Waals surface area contributed by atoms with Crippen LogP contribution in [0.3, 0.4) is 0 Å². The fourth-order valence-electron chi connectivity index (χ4n) is 2.43. The Morgan fingerprint density at radius 3 is 2.54 bits per heavy atom. The molecule has 0 aromatic rings. The summed E-state index contributed by atoms with van der Waals surface area (Å²) in [7, 11) is 3.51. The monoisotopic (exact) mass is 191 g/mol. The molecule has 1 aliphatic carbocycles. The normalized spacial score (nSPS) is 42.9. The summed E-state index contributed by atoms with van der Waals surface area (Å²) in [5.41, 5.74) is -0.703. The van der Waals surface area contributed by atoms with Crippen LogP contribution in [-0.2, 0) is 4.74 Å². The first-order valence-corrected chi connectivity index (χ1v) is 4.58. The molecule has 0 N–H and O–H groups in total. The smallest absolute Gasteiger partial charge is 0.255 e. The van der Waals surface area contributed by atoms with Crippen LogP contribution in [0.25, 0.3) is 0 Å². The van der Waals surface area contributed by atoms with E-state index in [1.54, 1.807) is 7.11 Å². The number of likely N-dealkylation sites (N-methyl/N-ethyl adjacent to an activating group) is 1. The van der Waals surface area contributed by atoms with Crippen LogP contribution in [0.5, 0.6) is 0 Å². The Labute approximate surface area is 76.9 Å². The maximum atomic E-state index is 13.0. The lowest BCUT2D eigenvalue weighted by Crippen LogP contribution is -2.28. The molecule has 2 rings (SSSR count). The van der Waals surface area contributed by atoms with Crippen LogP contribution in [0.1, 0.15) is 12.8 Å². The van der Waals surface area contributed by atoms with Gasteiger partial charge in [-0.25, -0.2) is 8.78 Å². The standard InChI is InChI=1S/C9H15F2NO/c1-12-6-8(5-9(8,10)11)3-7(12)4-13-2/h7H,3-6H2,1-2H3. The molecule has 76 valence electrons. The van der Waals surface area contributed by atoms with E-state index in [-0.39, 0.29) is 12.5 Å². The van der Waals surface area contributed by atoms with Gasteiger partial charge in [0, 0.05) is 26.1 Å². The SMILES string of the molecule is COCC1CC2(CN1C)CC2(F)F. The summed E-state index contributed by atoms with van der Waals surface area (Å²) in [6, 6.07) is 0.179. The Morgan fingerprint density at radius 2 is 2.15 bits per heavy atom. The fourth-order valence-corrected chi connectivity index (χ4v) is 2.43. The quantitative estimate of drug-likeness (QED) is 0.653. The van der Waals surface area contributed by atoms with Crippen molar-refractivity contribution in [3.8, 4) is 0 Å². The first kappa shape index (κ1) is 9.34. The maximum Gasteiger partial charge on any atom is 0.255 e. The number of hydrogen-bond acceptors (Lipinski definition) is 2. The van der Waals surface area contributed by atoms with Crippen LogP contribution in [0.15, 0.2) is 0 Å². The zero-order valence-corrected chi connectivity index (χ0v) is 8.02. The Bertz CT molecular complexity index is 222. The summed E-state index contributed by atoms with van der Waals surface area (Å²) in [4.78, 5) is 1.99. The highest BCUT2D eigenvalue weighted by Crippen LogP contribution is 2.65. The summed E-state index contributed by atoms with van der Waals surface area (Å²) >= 11 is 0. The summed E-state index contributed by atoms with van der Waals surface area (Å²) in [5.74, 6) is -2.41. The van der Waals surface area contributed by atoms with E-state index in [1.165, 1.54) is 0 Å². The van der Waals surface area contributed by atoms with Crippen molar-refractivity contribution in [2.24, 2.45) is 5.41 Å². The van der Waals surface area contributed by atoms with Gasteiger partial charge in [-0.3, -0.25) is 0 Å². The van der Waals surface area contributed by atoms with Gasteiger partial charge in [0.05, 0.1) is 12.0 Å². The van der Waals surface area contributed by atoms with Crippen LogP contribution in [-0.4, -0.2) is 44.2 Å². The minimum absolute atomic E-state index is 0.0740. The highest BCUT2D eigenvalue weighted by molar-refractivity contribution is 5.16. The van der Waals surface area contributed by atoms with Crippen LogP contribution in [0, 0.1) is 5.41 Å². The van der Waals surface area contributed by atoms with Crippen molar-refractivity contribution < 1.29 is 13.5 Å². The van der Waals surface area contributed by atoms with Crippen molar-refractivity contribution in [3.63, 3.8) is 0 Å². The van der Waals surface area contributed by atoms with Gasteiger partial charge < -0.3 is 9.64 Å².